The first-order chi connectivity index (χ1) is 9.37. The molecule has 1 heterocycles. The summed E-state index contributed by atoms with van der Waals surface area (Å²) < 4.78 is 5.64. The van der Waals surface area contributed by atoms with Crippen LogP contribution in [0.4, 0.5) is 0 Å². The number of nitrogens with one attached hydrogen (secondary N) is 1. The van der Waals surface area contributed by atoms with Crippen LogP contribution in [0.25, 0.3) is 0 Å². The summed E-state index contributed by atoms with van der Waals surface area (Å²) in [6, 6.07) is 11.7. The molecule has 0 spiro atoms. The van der Waals surface area contributed by atoms with Gasteiger partial charge in [0.15, 0.2) is 0 Å². The van der Waals surface area contributed by atoms with E-state index in [0.29, 0.717) is 17.4 Å². The Labute approximate surface area is 116 Å². The minimum absolute atomic E-state index is 0.328. The van der Waals surface area contributed by atoms with Gasteiger partial charge >= 0.3 is 0 Å². The van der Waals surface area contributed by atoms with Gasteiger partial charge in [-0.25, -0.2) is 0 Å². The zero-order valence-electron chi connectivity index (χ0n) is 11.9. The van der Waals surface area contributed by atoms with Gasteiger partial charge < -0.3 is 10.1 Å². The summed E-state index contributed by atoms with van der Waals surface area (Å²) in [5.74, 6) is 0.670. The molecule has 1 aliphatic carbocycles. The first kappa shape index (κ1) is 13.1. The van der Waals surface area contributed by atoms with Gasteiger partial charge in [-0.05, 0) is 31.9 Å². The molecule has 0 bridgehead atoms. The van der Waals surface area contributed by atoms with Gasteiger partial charge in [-0.2, -0.15) is 0 Å². The molecule has 0 amide bonds. The van der Waals surface area contributed by atoms with Crippen molar-refractivity contribution in [2.45, 2.75) is 43.6 Å². The third kappa shape index (κ3) is 2.32. The Bertz CT molecular complexity index is 391. The SMILES string of the molecule is CNC(C1CCOC1)C1(c2ccccc2)CCCC1. The fourth-order valence-electron chi connectivity index (χ4n) is 4.33. The number of hydrogen-bond acceptors (Lipinski definition) is 2. The Morgan fingerprint density at radius 1 is 1.21 bits per heavy atom. The molecule has 2 unspecified atom stereocenters. The topological polar surface area (TPSA) is 21.3 Å². The van der Waals surface area contributed by atoms with Crippen molar-refractivity contribution < 1.29 is 4.74 Å². The molecule has 1 N–H and O–H groups in total. The molecule has 1 saturated heterocycles. The Kier molecular flexibility index (Phi) is 3.90. The van der Waals surface area contributed by atoms with Crippen LogP contribution < -0.4 is 5.32 Å². The fourth-order valence-corrected chi connectivity index (χ4v) is 4.33. The molecular formula is C17H25NO. The molecule has 2 nitrogen and oxygen atoms in total. The smallest absolute Gasteiger partial charge is 0.0510 e. The lowest BCUT2D eigenvalue weighted by Crippen LogP contribution is -2.50. The molecule has 2 heteroatoms. The second kappa shape index (κ2) is 5.64. The average Bonchev–Trinajstić information content (AvgIpc) is 3.13. The summed E-state index contributed by atoms with van der Waals surface area (Å²) in [5, 5.41) is 3.65. The highest BCUT2D eigenvalue weighted by atomic mass is 16.5. The van der Waals surface area contributed by atoms with Gasteiger partial charge in [-0.1, -0.05) is 43.2 Å². The molecule has 3 rings (SSSR count). The van der Waals surface area contributed by atoms with Crippen molar-refractivity contribution >= 4 is 0 Å². The van der Waals surface area contributed by atoms with Gasteiger partial charge in [0.2, 0.25) is 0 Å². The predicted octanol–water partition coefficient (Wildman–Crippen LogP) is 3.12. The molecule has 2 fully saturated rings. The molecule has 0 radical (unpaired) electrons. The van der Waals surface area contributed by atoms with E-state index in [4.69, 9.17) is 4.74 Å². The maximum Gasteiger partial charge on any atom is 0.0510 e. The lowest BCUT2D eigenvalue weighted by molar-refractivity contribution is 0.157. The van der Waals surface area contributed by atoms with Crippen molar-refractivity contribution in [1.82, 2.24) is 5.32 Å². The Morgan fingerprint density at radius 3 is 2.53 bits per heavy atom. The summed E-state index contributed by atoms with van der Waals surface area (Å²) in [5.41, 5.74) is 1.85. The maximum absolute atomic E-state index is 5.64. The minimum Gasteiger partial charge on any atom is -0.381 e. The second-order valence-electron chi connectivity index (χ2n) is 6.12. The van der Waals surface area contributed by atoms with Crippen LogP contribution in [0.15, 0.2) is 30.3 Å². The van der Waals surface area contributed by atoms with Crippen molar-refractivity contribution in [3.8, 4) is 0 Å². The number of hydrogen-bond donors (Lipinski definition) is 1. The van der Waals surface area contributed by atoms with Gasteiger partial charge in [-0.3, -0.25) is 0 Å². The van der Waals surface area contributed by atoms with Crippen LogP contribution in [0.5, 0.6) is 0 Å². The second-order valence-corrected chi connectivity index (χ2v) is 6.12. The van der Waals surface area contributed by atoms with E-state index in [-0.39, 0.29) is 0 Å². The van der Waals surface area contributed by atoms with E-state index in [0.717, 1.165) is 13.2 Å². The van der Waals surface area contributed by atoms with E-state index in [1.807, 2.05) is 0 Å². The van der Waals surface area contributed by atoms with Crippen molar-refractivity contribution in [3.05, 3.63) is 35.9 Å². The quantitative estimate of drug-likeness (QED) is 0.897. The first-order valence-electron chi connectivity index (χ1n) is 7.67. The van der Waals surface area contributed by atoms with Crippen LogP contribution in [0.3, 0.4) is 0 Å². The standard InChI is InChI=1S/C17H25NO/c1-18-16(14-9-12-19-13-14)17(10-5-6-11-17)15-7-3-2-4-8-15/h2-4,7-8,14,16,18H,5-6,9-13H2,1H3. The van der Waals surface area contributed by atoms with Gasteiger partial charge in [0.25, 0.3) is 0 Å². The fraction of sp³-hybridized carbons (Fsp3) is 0.647. The third-order valence-corrected chi connectivity index (χ3v) is 5.19. The molecule has 19 heavy (non-hydrogen) atoms. The summed E-state index contributed by atoms with van der Waals surface area (Å²) >= 11 is 0. The maximum atomic E-state index is 5.64. The van der Waals surface area contributed by atoms with Crippen LogP contribution in [-0.2, 0) is 10.2 Å². The van der Waals surface area contributed by atoms with E-state index < -0.39 is 0 Å². The monoisotopic (exact) mass is 259 g/mol. The lowest BCUT2D eigenvalue weighted by Gasteiger charge is -2.41. The summed E-state index contributed by atoms with van der Waals surface area (Å²) in [7, 11) is 2.13. The number of rotatable bonds is 4. The predicted molar refractivity (Wildman–Crippen MR) is 78.4 cm³/mol. The zero-order valence-corrected chi connectivity index (χ0v) is 11.9. The summed E-state index contributed by atoms with van der Waals surface area (Å²) in [4.78, 5) is 0. The van der Waals surface area contributed by atoms with Crippen LogP contribution >= 0.6 is 0 Å². The van der Waals surface area contributed by atoms with Crippen molar-refractivity contribution in [1.29, 1.82) is 0 Å². The first-order valence-corrected chi connectivity index (χ1v) is 7.67. The van der Waals surface area contributed by atoms with Crippen LogP contribution in [0, 0.1) is 5.92 Å². The van der Waals surface area contributed by atoms with E-state index in [1.54, 1.807) is 0 Å². The van der Waals surface area contributed by atoms with E-state index >= 15 is 0 Å². The van der Waals surface area contributed by atoms with Gasteiger partial charge in [-0.15, -0.1) is 0 Å². The summed E-state index contributed by atoms with van der Waals surface area (Å²) in [6.45, 7) is 1.87. The molecule has 2 aliphatic rings. The van der Waals surface area contributed by atoms with E-state index in [2.05, 4.69) is 42.7 Å². The number of likely N-dealkylation sites (N-methyl/N-ethyl adjacent to an activating group) is 1. The number of ether oxygens (including phenoxy) is 1. The normalized spacial score (nSPS) is 27.5. The molecule has 2 atom stereocenters. The van der Waals surface area contributed by atoms with Crippen LogP contribution in [0.2, 0.25) is 0 Å². The van der Waals surface area contributed by atoms with Gasteiger partial charge in [0, 0.05) is 24.0 Å². The Hall–Kier alpha value is -0.860. The van der Waals surface area contributed by atoms with Crippen molar-refractivity contribution in [2.24, 2.45) is 5.92 Å². The number of benzene rings is 1. The van der Waals surface area contributed by atoms with Crippen molar-refractivity contribution in [2.75, 3.05) is 20.3 Å². The Morgan fingerprint density at radius 2 is 1.95 bits per heavy atom. The van der Waals surface area contributed by atoms with Crippen LogP contribution in [0.1, 0.15) is 37.7 Å². The van der Waals surface area contributed by atoms with Crippen LogP contribution in [-0.4, -0.2) is 26.3 Å². The summed E-state index contributed by atoms with van der Waals surface area (Å²) in [6.07, 6.45) is 6.57. The zero-order chi connectivity index (χ0) is 13.1. The molecule has 1 aromatic carbocycles. The molecule has 1 aliphatic heterocycles. The molecule has 1 aromatic rings. The lowest BCUT2D eigenvalue weighted by atomic mass is 9.68. The van der Waals surface area contributed by atoms with E-state index in [9.17, 15) is 0 Å². The highest BCUT2D eigenvalue weighted by Crippen LogP contribution is 2.46. The Balaban J connectivity index is 1.94. The third-order valence-electron chi connectivity index (χ3n) is 5.19. The van der Waals surface area contributed by atoms with Gasteiger partial charge in [0.05, 0.1) is 6.61 Å². The molecule has 1 saturated carbocycles. The largest absolute Gasteiger partial charge is 0.381 e. The highest BCUT2D eigenvalue weighted by Gasteiger charge is 2.45. The highest BCUT2D eigenvalue weighted by molar-refractivity contribution is 5.29. The molecule has 104 valence electrons. The minimum atomic E-state index is 0.328. The molecular weight excluding hydrogens is 234 g/mol. The van der Waals surface area contributed by atoms with E-state index in [1.165, 1.54) is 37.7 Å². The average molecular weight is 259 g/mol. The van der Waals surface area contributed by atoms with Crippen molar-refractivity contribution in [3.63, 3.8) is 0 Å². The van der Waals surface area contributed by atoms with Gasteiger partial charge in [0.1, 0.15) is 0 Å². The molecule has 0 aromatic heterocycles.